The van der Waals surface area contributed by atoms with Crippen LogP contribution in [0.25, 0.3) is 0 Å². The maximum Gasteiger partial charge on any atom is 0.336 e. The second kappa shape index (κ2) is 6.20. The Hall–Kier alpha value is -1.98. The number of hydrogen-bond donors (Lipinski definition) is 1. The third-order valence-corrected chi connectivity index (χ3v) is 3.89. The molecule has 1 aromatic rings. The van der Waals surface area contributed by atoms with Gasteiger partial charge in [-0.2, -0.15) is 0 Å². The van der Waals surface area contributed by atoms with Crippen LogP contribution < -0.4 is 0 Å². The molecule has 1 aliphatic carbocycles. The van der Waals surface area contributed by atoms with Gasteiger partial charge in [-0.3, -0.25) is 4.79 Å². The van der Waals surface area contributed by atoms with Crippen LogP contribution in [0.5, 0.6) is 0 Å². The lowest BCUT2D eigenvalue weighted by Gasteiger charge is -2.28. The third kappa shape index (κ3) is 3.04. The van der Waals surface area contributed by atoms with Crippen LogP contribution in [0, 0.1) is 11.6 Å². The van der Waals surface area contributed by atoms with Gasteiger partial charge in [-0.1, -0.05) is 12.8 Å². The van der Waals surface area contributed by atoms with Gasteiger partial charge in [-0.05, 0) is 31.9 Å². The summed E-state index contributed by atoms with van der Waals surface area (Å²) in [6.07, 6.45) is 3.73. The molecular formula is C15H17F2NO3. The fourth-order valence-corrected chi connectivity index (χ4v) is 2.84. The molecule has 1 aliphatic rings. The number of halogens is 2. The zero-order chi connectivity index (χ0) is 15.6. The van der Waals surface area contributed by atoms with E-state index in [1.807, 2.05) is 0 Å². The molecule has 4 nitrogen and oxygen atoms in total. The van der Waals surface area contributed by atoms with Crippen LogP contribution in [0.1, 0.15) is 53.3 Å². The van der Waals surface area contributed by atoms with Crippen molar-refractivity contribution in [2.24, 2.45) is 0 Å². The van der Waals surface area contributed by atoms with Crippen LogP contribution >= 0.6 is 0 Å². The van der Waals surface area contributed by atoms with E-state index in [9.17, 15) is 18.4 Å². The molecule has 0 aliphatic heterocycles. The maximum atomic E-state index is 13.4. The highest BCUT2D eigenvalue weighted by Gasteiger charge is 2.29. The predicted molar refractivity (Wildman–Crippen MR) is 72.3 cm³/mol. The fourth-order valence-electron chi connectivity index (χ4n) is 2.84. The Kier molecular flexibility index (Phi) is 4.55. The van der Waals surface area contributed by atoms with Crippen molar-refractivity contribution in [3.63, 3.8) is 0 Å². The lowest BCUT2D eigenvalue weighted by atomic mass is 10.0. The van der Waals surface area contributed by atoms with Gasteiger partial charge in [0.2, 0.25) is 0 Å². The van der Waals surface area contributed by atoms with Crippen molar-refractivity contribution in [3.05, 3.63) is 34.9 Å². The number of aromatic carboxylic acids is 1. The van der Waals surface area contributed by atoms with Crippen molar-refractivity contribution >= 4 is 11.9 Å². The molecular weight excluding hydrogens is 280 g/mol. The maximum absolute atomic E-state index is 13.4. The molecule has 0 spiro atoms. The van der Waals surface area contributed by atoms with Gasteiger partial charge in [0.1, 0.15) is 0 Å². The van der Waals surface area contributed by atoms with Crippen molar-refractivity contribution in [1.29, 1.82) is 0 Å². The molecule has 2 rings (SSSR count). The Bertz CT molecular complexity index is 568. The second-order valence-corrected chi connectivity index (χ2v) is 5.15. The molecule has 0 heterocycles. The molecule has 114 valence electrons. The van der Waals surface area contributed by atoms with Gasteiger partial charge in [0.25, 0.3) is 5.91 Å². The molecule has 0 unspecified atom stereocenters. The predicted octanol–water partition coefficient (Wildman–Crippen LogP) is 3.07. The molecule has 6 heteroatoms. The van der Waals surface area contributed by atoms with E-state index in [4.69, 9.17) is 5.11 Å². The lowest BCUT2D eigenvalue weighted by molar-refractivity contribution is 0.0651. The van der Waals surface area contributed by atoms with Gasteiger partial charge >= 0.3 is 5.97 Å². The molecule has 1 N–H and O–H groups in total. The number of carboxylic acids is 1. The standard InChI is InChI=1S/C15H17F2NO3/c1-2-18(9-5-3-4-6-9)14(19)10-7-12(16)13(17)8-11(10)15(20)21/h7-9H,2-6H2,1H3,(H,20,21). The average Bonchev–Trinajstić information content (AvgIpc) is 2.95. The Morgan fingerprint density at radius 2 is 1.71 bits per heavy atom. The number of benzene rings is 1. The third-order valence-electron chi connectivity index (χ3n) is 3.89. The first-order valence-electron chi connectivity index (χ1n) is 6.99. The van der Waals surface area contributed by atoms with E-state index < -0.39 is 29.1 Å². The monoisotopic (exact) mass is 297 g/mol. The summed E-state index contributed by atoms with van der Waals surface area (Å²) in [5, 5.41) is 9.09. The zero-order valence-corrected chi connectivity index (χ0v) is 11.7. The number of amides is 1. The first-order chi connectivity index (χ1) is 9.95. The highest BCUT2D eigenvalue weighted by atomic mass is 19.2. The number of nitrogens with zero attached hydrogens (tertiary/aromatic N) is 1. The first kappa shape index (κ1) is 15.4. The number of hydrogen-bond acceptors (Lipinski definition) is 2. The van der Waals surface area contributed by atoms with Gasteiger partial charge in [0.05, 0.1) is 11.1 Å². The van der Waals surface area contributed by atoms with Crippen LogP contribution in [-0.2, 0) is 0 Å². The summed E-state index contributed by atoms with van der Waals surface area (Å²) >= 11 is 0. The van der Waals surface area contributed by atoms with Crippen LogP contribution in [0.4, 0.5) is 8.78 Å². The van der Waals surface area contributed by atoms with Crippen molar-refractivity contribution < 1.29 is 23.5 Å². The number of carbonyl (C=O) groups is 2. The Balaban J connectivity index is 2.41. The van der Waals surface area contributed by atoms with Gasteiger partial charge in [0, 0.05) is 12.6 Å². The Morgan fingerprint density at radius 1 is 1.19 bits per heavy atom. The van der Waals surface area contributed by atoms with Crippen molar-refractivity contribution in [1.82, 2.24) is 4.90 Å². The zero-order valence-electron chi connectivity index (χ0n) is 11.7. The molecule has 0 aromatic heterocycles. The van der Waals surface area contributed by atoms with Crippen LogP contribution in [-0.4, -0.2) is 34.5 Å². The largest absolute Gasteiger partial charge is 0.478 e. The van der Waals surface area contributed by atoms with Gasteiger partial charge < -0.3 is 10.0 Å². The molecule has 1 aromatic carbocycles. The SMILES string of the molecule is CCN(C(=O)c1cc(F)c(F)cc1C(=O)O)C1CCCC1. The molecule has 0 bridgehead atoms. The fraction of sp³-hybridized carbons (Fsp3) is 0.467. The van der Waals surface area contributed by atoms with Gasteiger partial charge in [-0.25, -0.2) is 13.6 Å². The van der Waals surface area contributed by atoms with E-state index in [1.165, 1.54) is 0 Å². The Labute approximate surface area is 121 Å². The average molecular weight is 297 g/mol. The topological polar surface area (TPSA) is 57.6 Å². The summed E-state index contributed by atoms with van der Waals surface area (Å²) < 4.78 is 26.6. The Morgan fingerprint density at radius 3 is 2.19 bits per heavy atom. The van der Waals surface area contributed by atoms with Crippen molar-refractivity contribution in [3.8, 4) is 0 Å². The quantitative estimate of drug-likeness (QED) is 0.929. The summed E-state index contributed by atoms with van der Waals surface area (Å²) in [5.41, 5.74) is -0.800. The second-order valence-electron chi connectivity index (χ2n) is 5.15. The van der Waals surface area contributed by atoms with Gasteiger partial charge in [-0.15, -0.1) is 0 Å². The van der Waals surface area contributed by atoms with E-state index in [1.54, 1.807) is 11.8 Å². The minimum absolute atomic E-state index is 0.0391. The van der Waals surface area contributed by atoms with Crippen molar-refractivity contribution in [2.45, 2.75) is 38.6 Å². The minimum atomic E-state index is -1.44. The highest BCUT2D eigenvalue weighted by Crippen LogP contribution is 2.26. The van der Waals surface area contributed by atoms with E-state index in [0.717, 1.165) is 25.7 Å². The summed E-state index contributed by atoms with van der Waals surface area (Å²) in [6, 6.07) is 1.28. The van der Waals surface area contributed by atoms with Crippen LogP contribution in [0.15, 0.2) is 12.1 Å². The molecule has 21 heavy (non-hydrogen) atoms. The van der Waals surface area contributed by atoms with E-state index in [-0.39, 0.29) is 11.6 Å². The minimum Gasteiger partial charge on any atom is -0.478 e. The first-order valence-corrected chi connectivity index (χ1v) is 6.99. The summed E-state index contributed by atoms with van der Waals surface area (Å²) in [7, 11) is 0. The number of carbonyl (C=O) groups excluding carboxylic acids is 1. The van der Waals surface area contributed by atoms with Crippen molar-refractivity contribution in [2.75, 3.05) is 6.54 Å². The highest BCUT2D eigenvalue weighted by molar-refractivity contribution is 6.04. The number of carboxylic acid groups (broad SMARTS) is 1. The van der Waals surface area contributed by atoms with E-state index >= 15 is 0 Å². The number of rotatable bonds is 4. The molecule has 1 amide bonds. The molecule has 0 atom stereocenters. The van der Waals surface area contributed by atoms with Gasteiger partial charge in [0.15, 0.2) is 11.6 Å². The van der Waals surface area contributed by atoms with E-state index in [0.29, 0.717) is 18.7 Å². The summed E-state index contributed by atoms with van der Waals surface area (Å²) in [5.74, 6) is -4.49. The molecule has 0 saturated heterocycles. The molecule has 0 radical (unpaired) electrons. The summed E-state index contributed by atoms with van der Waals surface area (Å²) in [4.78, 5) is 25.2. The molecule has 1 fully saturated rings. The van der Waals surface area contributed by atoms with E-state index in [2.05, 4.69) is 0 Å². The molecule has 1 saturated carbocycles. The normalized spacial score (nSPS) is 15.2. The lowest BCUT2D eigenvalue weighted by Crippen LogP contribution is -2.39. The smallest absolute Gasteiger partial charge is 0.336 e. The summed E-state index contributed by atoms with van der Waals surface area (Å²) in [6.45, 7) is 2.19. The van der Waals surface area contributed by atoms with Crippen LogP contribution in [0.2, 0.25) is 0 Å². The van der Waals surface area contributed by atoms with Crippen LogP contribution in [0.3, 0.4) is 0 Å².